The second-order valence-electron chi connectivity index (χ2n) is 18.3. The van der Waals surface area contributed by atoms with Crippen molar-refractivity contribution in [1.29, 1.82) is 0 Å². The summed E-state index contributed by atoms with van der Waals surface area (Å²) in [6, 6.07) is 22.4. The number of fused-ring (bicyclic) bond motifs is 4. The normalized spacial score (nSPS) is 14.4. The molecule has 26 nitrogen and oxygen atoms in total. The molecule has 2 aliphatic rings. The van der Waals surface area contributed by atoms with E-state index in [-0.39, 0.29) is 71.1 Å². The van der Waals surface area contributed by atoms with Gasteiger partial charge in [0.05, 0.1) is 12.1 Å². The summed E-state index contributed by atoms with van der Waals surface area (Å²) in [5.74, 6) is -2.25. The Bertz CT molecular complexity index is 4110. The molecule has 0 spiro atoms. The number of aromatic nitrogens is 16. The lowest BCUT2D eigenvalue weighted by atomic mass is 10.0. The monoisotopic (exact) mass is 1060 g/mol. The lowest BCUT2D eigenvalue weighted by Crippen LogP contribution is -2.32. The Morgan fingerprint density at radius 3 is 1.50 bits per heavy atom. The van der Waals surface area contributed by atoms with Gasteiger partial charge in [0.1, 0.15) is 34.4 Å². The Morgan fingerprint density at radius 2 is 1.03 bits per heavy atom. The van der Waals surface area contributed by atoms with Crippen molar-refractivity contribution >= 4 is 35.2 Å². The zero-order valence-corrected chi connectivity index (χ0v) is 41.1. The maximum Gasteiger partial charge on any atom is 0.349 e. The molecule has 8 N–H and O–H groups in total. The van der Waals surface area contributed by atoms with Gasteiger partial charge in [0.15, 0.2) is 0 Å². The Hall–Kier alpha value is -10.5. The van der Waals surface area contributed by atoms with E-state index in [1.165, 1.54) is 24.3 Å². The summed E-state index contributed by atoms with van der Waals surface area (Å²) in [6.07, 6.45) is 2.78. The van der Waals surface area contributed by atoms with Crippen LogP contribution in [0, 0.1) is 25.5 Å². The molecule has 12 rings (SSSR count). The summed E-state index contributed by atoms with van der Waals surface area (Å²) in [5.41, 5.74) is 6.19. The van der Waals surface area contributed by atoms with Gasteiger partial charge in [-0.05, 0) is 131 Å². The standard InChI is InChI=1S/2C25H21FN10O3/c1-12-8-13(2-6-17(12)26)11-27-23(38)20-10-19(29-24-32-33-25(39)36(20)24)22(37)28-18-7-4-14-9-15(3-5-16(14)18)21-30-34-35-31-21;1-12-8-13(2-6-17(12)26)11-27-22(37)19-10-20(36-24(29-19)32-33-25(36)39)23(38)28-18-7-4-14-9-15(3-5-16(14)18)21-30-34-35-31-21/h2-3,5-6,8-10,18H,4,7,11H2,1H3,(H,27,38)(H,28,37)(H,33,39)(H,30,31,34,35);2-3,5-6,8-10,18H,4,7,11H2,1H3,(H,27,37)(H,28,38)(H,33,39)(H,30,31,34,35)/t2*18-/m00/s1. The zero-order valence-electron chi connectivity index (χ0n) is 41.1. The maximum atomic E-state index is 13.6. The van der Waals surface area contributed by atoms with E-state index < -0.39 is 35.0 Å². The largest absolute Gasteiger partial charge is 0.349 e. The second kappa shape index (κ2) is 20.6. The molecule has 0 bridgehead atoms. The first-order chi connectivity index (χ1) is 37.7. The van der Waals surface area contributed by atoms with Crippen LogP contribution in [0.25, 0.3) is 34.3 Å². The minimum atomic E-state index is -0.672. The number of aromatic amines is 4. The highest BCUT2D eigenvalue weighted by atomic mass is 19.1. The van der Waals surface area contributed by atoms with Gasteiger partial charge < -0.3 is 21.3 Å². The number of benzene rings is 4. The van der Waals surface area contributed by atoms with E-state index in [0.29, 0.717) is 46.7 Å². The van der Waals surface area contributed by atoms with Crippen LogP contribution in [-0.2, 0) is 25.9 Å². The molecule has 0 unspecified atom stereocenters. The Kier molecular flexibility index (Phi) is 13.1. The van der Waals surface area contributed by atoms with Crippen LogP contribution < -0.4 is 32.6 Å². The Balaban J connectivity index is 0.000000165. The van der Waals surface area contributed by atoms with E-state index >= 15 is 0 Å². The highest BCUT2D eigenvalue weighted by Gasteiger charge is 2.29. The number of tetrazole rings is 2. The third-order valence-electron chi connectivity index (χ3n) is 13.3. The van der Waals surface area contributed by atoms with Crippen LogP contribution in [0.2, 0.25) is 0 Å². The van der Waals surface area contributed by atoms with Gasteiger partial charge in [0.2, 0.25) is 11.6 Å². The molecule has 78 heavy (non-hydrogen) atoms. The molecule has 6 aromatic heterocycles. The molecule has 392 valence electrons. The molecule has 0 fully saturated rings. The van der Waals surface area contributed by atoms with Gasteiger partial charge in [0, 0.05) is 24.2 Å². The van der Waals surface area contributed by atoms with E-state index in [1.807, 2.05) is 36.4 Å². The fraction of sp³-hybridized carbons (Fsp3) is 0.200. The summed E-state index contributed by atoms with van der Waals surface area (Å²) in [5, 5.41) is 51.6. The predicted molar refractivity (Wildman–Crippen MR) is 268 cm³/mol. The quantitative estimate of drug-likeness (QED) is 0.0872. The van der Waals surface area contributed by atoms with Crippen molar-refractivity contribution in [2.45, 2.75) is 64.7 Å². The van der Waals surface area contributed by atoms with Crippen molar-refractivity contribution in [3.63, 3.8) is 0 Å². The molecule has 2 atom stereocenters. The van der Waals surface area contributed by atoms with Gasteiger partial charge in [-0.3, -0.25) is 19.2 Å². The van der Waals surface area contributed by atoms with E-state index in [4.69, 9.17) is 0 Å². The number of halogens is 2. The number of carbonyl (C=O) groups is 4. The van der Waals surface area contributed by atoms with Crippen molar-refractivity contribution in [2.24, 2.45) is 0 Å². The number of carbonyl (C=O) groups excluding carboxylic acids is 4. The number of H-pyrrole nitrogens is 4. The van der Waals surface area contributed by atoms with E-state index in [1.54, 1.807) is 38.1 Å². The lowest BCUT2D eigenvalue weighted by molar-refractivity contribution is 0.0918. The molecular weight excluding hydrogens is 1010 g/mol. The van der Waals surface area contributed by atoms with Crippen LogP contribution in [0.3, 0.4) is 0 Å². The Labute approximate surface area is 435 Å². The van der Waals surface area contributed by atoms with Crippen LogP contribution in [0.4, 0.5) is 8.78 Å². The fourth-order valence-corrected chi connectivity index (χ4v) is 9.42. The molecule has 28 heteroatoms. The number of rotatable bonds is 12. The van der Waals surface area contributed by atoms with Crippen molar-refractivity contribution in [2.75, 3.05) is 0 Å². The summed E-state index contributed by atoms with van der Waals surface area (Å²) in [4.78, 5) is 85.7. The van der Waals surface area contributed by atoms with Crippen molar-refractivity contribution in [3.05, 3.63) is 185 Å². The predicted octanol–water partition coefficient (Wildman–Crippen LogP) is 2.79. The number of nitrogens with zero attached hydrogens (tertiary/aromatic N) is 12. The third kappa shape index (κ3) is 9.94. The summed E-state index contributed by atoms with van der Waals surface area (Å²) < 4.78 is 29.1. The number of aryl methyl sites for hydroxylation is 4. The van der Waals surface area contributed by atoms with E-state index in [2.05, 4.69) is 92.9 Å². The smallest absolute Gasteiger partial charge is 0.347 e. The third-order valence-corrected chi connectivity index (χ3v) is 13.3. The number of nitrogens with one attached hydrogen (secondary N) is 8. The number of hydrogen-bond donors (Lipinski definition) is 8. The van der Waals surface area contributed by atoms with Gasteiger partial charge in [-0.15, -0.1) is 30.6 Å². The minimum Gasteiger partial charge on any atom is -0.347 e. The summed E-state index contributed by atoms with van der Waals surface area (Å²) in [6.45, 7) is 3.46. The van der Waals surface area contributed by atoms with Crippen LogP contribution in [0.5, 0.6) is 0 Å². The van der Waals surface area contributed by atoms with Gasteiger partial charge in [-0.25, -0.2) is 47.3 Å². The summed E-state index contributed by atoms with van der Waals surface area (Å²) >= 11 is 0. The van der Waals surface area contributed by atoms with Crippen LogP contribution in [0.1, 0.15) is 111 Å². The average molecular weight is 1060 g/mol. The average Bonchev–Trinajstić information content (AvgIpc) is 4.36. The molecule has 4 amide bonds. The van der Waals surface area contributed by atoms with Crippen LogP contribution in [-0.4, -0.2) is 104 Å². The summed E-state index contributed by atoms with van der Waals surface area (Å²) in [7, 11) is 0. The van der Waals surface area contributed by atoms with Crippen molar-refractivity contribution in [3.8, 4) is 22.8 Å². The zero-order chi connectivity index (χ0) is 54.2. The molecule has 0 radical (unpaired) electrons. The fourth-order valence-electron chi connectivity index (χ4n) is 9.42. The van der Waals surface area contributed by atoms with Crippen LogP contribution >= 0.6 is 0 Å². The highest BCUT2D eigenvalue weighted by Crippen LogP contribution is 2.35. The number of hydrogen-bond acceptors (Lipinski definition) is 16. The molecular formula is C50H42F2N20O6. The van der Waals surface area contributed by atoms with Gasteiger partial charge in [0.25, 0.3) is 35.2 Å². The maximum absolute atomic E-state index is 13.6. The van der Waals surface area contributed by atoms with Crippen molar-refractivity contribution < 1.29 is 28.0 Å². The topological polar surface area (TPSA) is 351 Å². The molecule has 2 aliphatic carbocycles. The highest BCUT2D eigenvalue weighted by molar-refractivity contribution is 5.99. The van der Waals surface area contributed by atoms with Gasteiger partial charge in [-0.1, -0.05) is 48.5 Å². The molecule has 0 aliphatic heterocycles. The second-order valence-corrected chi connectivity index (χ2v) is 18.3. The SMILES string of the molecule is Cc1cc(CNC(=O)c2cc(C(=O)N[C@H]3CCc4cc(-c5nn[nH]n5)ccc43)n3c(=O)[nH]nc3n2)ccc1F.Cc1cc(CNC(=O)c2cc(C(=O)N[C@H]3CCc4cc(-c5nn[nH]n5)ccc43)nc3n[nH]c(=O)n23)ccc1F. The number of amides is 4. The van der Waals surface area contributed by atoms with Crippen molar-refractivity contribution in [1.82, 2.24) is 102 Å². The minimum absolute atomic E-state index is 0.0684. The molecule has 4 aromatic carbocycles. The molecule has 0 saturated carbocycles. The van der Waals surface area contributed by atoms with E-state index in [9.17, 15) is 37.5 Å². The molecule has 0 saturated heterocycles. The molecule has 10 aromatic rings. The van der Waals surface area contributed by atoms with Gasteiger partial charge >= 0.3 is 11.4 Å². The Morgan fingerprint density at radius 1 is 0.564 bits per heavy atom. The van der Waals surface area contributed by atoms with E-state index in [0.717, 1.165) is 55.0 Å². The van der Waals surface area contributed by atoms with Gasteiger partial charge in [-0.2, -0.15) is 10.4 Å². The molecule has 6 heterocycles. The lowest BCUT2D eigenvalue weighted by Gasteiger charge is -2.15. The first-order valence-electron chi connectivity index (χ1n) is 24.1. The first kappa shape index (κ1) is 49.7. The van der Waals surface area contributed by atoms with Crippen LogP contribution in [0.15, 0.2) is 94.5 Å². The first-order valence-corrected chi connectivity index (χ1v) is 24.1.